The minimum atomic E-state index is -0.732. The van der Waals surface area contributed by atoms with Crippen molar-refractivity contribution in [3.05, 3.63) is 0 Å². The Morgan fingerprint density at radius 2 is 1.63 bits per heavy atom. The molecule has 4 aliphatic carbocycles. The van der Waals surface area contributed by atoms with Crippen molar-refractivity contribution in [2.45, 2.75) is 96.9 Å². The number of carbonyl (C=O) groups is 1. The molecule has 5 heteroatoms. The Labute approximate surface area is 181 Å². The van der Waals surface area contributed by atoms with Gasteiger partial charge in [0.2, 0.25) is 0 Å². The van der Waals surface area contributed by atoms with Crippen LogP contribution in [-0.4, -0.2) is 46.7 Å². The number of hydrogen-bond acceptors (Lipinski definition) is 5. The Morgan fingerprint density at radius 1 is 0.967 bits per heavy atom. The number of aliphatic hydroxyl groups is 3. The van der Waals surface area contributed by atoms with Gasteiger partial charge in [0.25, 0.3) is 0 Å². The first-order chi connectivity index (χ1) is 14.1. The van der Waals surface area contributed by atoms with Crippen LogP contribution in [0.2, 0.25) is 0 Å². The van der Waals surface area contributed by atoms with Crippen LogP contribution in [-0.2, 0) is 9.53 Å². The van der Waals surface area contributed by atoms with Crippen LogP contribution in [0.25, 0.3) is 0 Å². The maximum Gasteiger partial charge on any atom is 0.305 e. The van der Waals surface area contributed by atoms with Gasteiger partial charge < -0.3 is 20.1 Å². The van der Waals surface area contributed by atoms with E-state index < -0.39 is 12.2 Å². The van der Waals surface area contributed by atoms with Gasteiger partial charge in [-0.1, -0.05) is 20.8 Å². The van der Waals surface area contributed by atoms with E-state index in [2.05, 4.69) is 20.8 Å². The number of aliphatic hydroxyl groups excluding tert-OH is 3. The van der Waals surface area contributed by atoms with Gasteiger partial charge in [-0.2, -0.15) is 0 Å². The third kappa shape index (κ3) is 3.34. The molecule has 4 fully saturated rings. The van der Waals surface area contributed by atoms with Crippen molar-refractivity contribution in [3.63, 3.8) is 0 Å². The summed E-state index contributed by atoms with van der Waals surface area (Å²) < 4.78 is 4.84. The number of esters is 1. The Hall–Kier alpha value is -0.650. The topological polar surface area (TPSA) is 87.0 Å². The quantitative estimate of drug-likeness (QED) is 0.603. The van der Waals surface area contributed by atoms with E-state index >= 15 is 0 Å². The fourth-order valence-electron chi connectivity index (χ4n) is 8.86. The number of methoxy groups -OCH3 is 1. The molecule has 0 spiro atoms. The zero-order valence-corrected chi connectivity index (χ0v) is 19.2. The largest absolute Gasteiger partial charge is 0.469 e. The predicted molar refractivity (Wildman–Crippen MR) is 114 cm³/mol. The summed E-state index contributed by atoms with van der Waals surface area (Å²) in [5.74, 6) is 1.87. The van der Waals surface area contributed by atoms with Gasteiger partial charge in [0.15, 0.2) is 0 Å². The number of ether oxygens (including phenoxy) is 1. The minimum absolute atomic E-state index is 0.00182. The maximum atomic E-state index is 11.7. The molecule has 0 aromatic rings. The molecule has 4 aliphatic rings. The lowest BCUT2D eigenvalue weighted by Gasteiger charge is -2.63. The van der Waals surface area contributed by atoms with Crippen molar-refractivity contribution in [1.82, 2.24) is 0 Å². The smallest absolute Gasteiger partial charge is 0.305 e. The van der Waals surface area contributed by atoms with Gasteiger partial charge in [0.1, 0.15) is 0 Å². The van der Waals surface area contributed by atoms with E-state index in [1.54, 1.807) is 0 Å². The van der Waals surface area contributed by atoms with Gasteiger partial charge in [-0.05, 0) is 97.7 Å². The number of carbonyl (C=O) groups excluding carboxylic acids is 1. The number of rotatable bonds is 4. The Bertz CT molecular complexity index is 651. The summed E-state index contributed by atoms with van der Waals surface area (Å²) in [6.07, 6.45) is 6.48. The van der Waals surface area contributed by atoms with Crippen LogP contribution >= 0.6 is 0 Å². The molecule has 4 saturated carbocycles. The van der Waals surface area contributed by atoms with E-state index in [0.717, 1.165) is 38.5 Å². The van der Waals surface area contributed by atoms with Crippen LogP contribution in [0.15, 0.2) is 0 Å². The van der Waals surface area contributed by atoms with Gasteiger partial charge in [-0.25, -0.2) is 0 Å². The standard InChI is InChI=1S/C25H42O5/c1-14(5-8-20(27)30-4)16-6-7-17-21-18(10-12-24(16,17)2)25(3)11-9-15(26)13-19(25)22(28)23(21)29/h14-19,21-23,26,28-29H,5-13H2,1-4H3/t14?,15-,16?,17?,18?,19+,21?,22-,23+,24-,25-/m1/s1. The van der Waals surface area contributed by atoms with Crippen molar-refractivity contribution in [3.8, 4) is 0 Å². The maximum absolute atomic E-state index is 11.7. The van der Waals surface area contributed by atoms with Crippen molar-refractivity contribution in [2.75, 3.05) is 7.11 Å². The summed E-state index contributed by atoms with van der Waals surface area (Å²) in [6.45, 7) is 7.02. The lowest BCUT2D eigenvalue weighted by Crippen LogP contribution is -2.64. The van der Waals surface area contributed by atoms with Crippen LogP contribution in [0, 0.1) is 46.3 Å². The zero-order valence-electron chi connectivity index (χ0n) is 19.2. The normalized spacial score (nSPS) is 51.4. The summed E-state index contributed by atoms with van der Waals surface area (Å²) in [5.41, 5.74) is 0.174. The molecule has 4 rings (SSSR count). The summed E-state index contributed by atoms with van der Waals surface area (Å²) >= 11 is 0. The van der Waals surface area contributed by atoms with E-state index in [9.17, 15) is 20.1 Å². The molecule has 11 atom stereocenters. The summed E-state index contributed by atoms with van der Waals surface area (Å²) in [6, 6.07) is 0. The molecular weight excluding hydrogens is 380 g/mol. The molecule has 172 valence electrons. The highest BCUT2D eigenvalue weighted by molar-refractivity contribution is 5.69. The molecule has 0 bridgehead atoms. The highest BCUT2D eigenvalue weighted by Crippen LogP contribution is 2.68. The van der Waals surface area contributed by atoms with E-state index in [4.69, 9.17) is 4.74 Å². The monoisotopic (exact) mass is 422 g/mol. The summed E-state index contributed by atoms with van der Waals surface area (Å²) in [4.78, 5) is 11.7. The second kappa shape index (κ2) is 8.04. The molecule has 0 aromatic carbocycles. The molecule has 5 nitrogen and oxygen atoms in total. The molecule has 30 heavy (non-hydrogen) atoms. The lowest BCUT2D eigenvalue weighted by atomic mass is 9.43. The number of hydrogen-bond donors (Lipinski definition) is 3. The Balaban J connectivity index is 1.56. The van der Waals surface area contributed by atoms with E-state index in [1.165, 1.54) is 13.5 Å². The first-order valence-corrected chi connectivity index (χ1v) is 12.2. The Kier molecular flexibility index (Phi) is 6.04. The lowest BCUT2D eigenvalue weighted by molar-refractivity contribution is -0.223. The molecule has 0 radical (unpaired) electrons. The first-order valence-electron chi connectivity index (χ1n) is 12.2. The van der Waals surface area contributed by atoms with Gasteiger partial charge in [0.05, 0.1) is 25.4 Å². The van der Waals surface area contributed by atoms with E-state index in [1.807, 2.05) is 0 Å². The fraction of sp³-hybridized carbons (Fsp3) is 0.960. The van der Waals surface area contributed by atoms with Crippen molar-refractivity contribution < 1.29 is 24.9 Å². The van der Waals surface area contributed by atoms with Gasteiger partial charge in [0, 0.05) is 6.42 Å². The highest BCUT2D eigenvalue weighted by atomic mass is 16.5. The van der Waals surface area contributed by atoms with Gasteiger partial charge in [-0.15, -0.1) is 0 Å². The Morgan fingerprint density at radius 3 is 2.33 bits per heavy atom. The average molecular weight is 423 g/mol. The van der Waals surface area contributed by atoms with E-state index in [-0.39, 0.29) is 34.7 Å². The predicted octanol–water partition coefficient (Wildman–Crippen LogP) is 3.54. The van der Waals surface area contributed by atoms with Crippen molar-refractivity contribution in [1.29, 1.82) is 0 Å². The third-order valence-corrected chi connectivity index (χ3v) is 10.5. The van der Waals surface area contributed by atoms with Crippen LogP contribution in [0.3, 0.4) is 0 Å². The van der Waals surface area contributed by atoms with Crippen molar-refractivity contribution in [2.24, 2.45) is 46.3 Å². The van der Waals surface area contributed by atoms with Gasteiger partial charge >= 0.3 is 5.97 Å². The van der Waals surface area contributed by atoms with Crippen LogP contribution in [0.4, 0.5) is 0 Å². The second-order valence-corrected chi connectivity index (χ2v) is 11.6. The van der Waals surface area contributed by atoms with Crippen LogP contribution in [0.1, 0.15) is 78.6 Å². The van der Waals surface area contributed by atoms with Crippen molar-refractivity contribution >= 4 is 5.97 Å². The van der Waals surface area contributed by atoms with Crippen LogP contribution < -0.4 is 0 Å². The van der Waals surface area contributed by atoms with Gasteiger partial charge in [-0.3, -0.25) is 4.79 Å². The summed E-state index contributed by atoms with van der Waals surface area (Å²) in [7, 11) is 1.45. The van der Waals surface area contributed by atoms with Crippen LogP contribution in [0.5, 0.6) is 0 Å². The molecular formula is C25H42O5. The molecule has 5 unspecified atom stereocenters. The zero-order chi connectivity index (χ0) is 21.8. The second-order valence-electron chi connectivity index (χ2n) is 11.6. The first kappa shape index (κ1) is 22.5. The van der Waals surface area contributed by atoms with E-state index in [0.29, 0.717) is 36.5 Å². The SMILES string of the molecule is COC(=O)CCC(C)C1CCC2C3C(CC[C@]12C)[C@@]1(C)CC[C@@H](O)C[C@H]1[C@@H](O)[C@H]3O. The third-order valence-electron chi connectivity index (χ3n) is 10.5. The fourth-order valence-corrected chi connectivity index (χ4v) is 8.86. The molecule has 0 aromatic heterocycles. The average Bonchev–Trinajstić information content (AvgIpc) is 3.08. The molecule has 0 aliphatic heterocycles. The molecule has 0 saturated heterocycles. The molecule has 0 heterocycles. The minimum Gasteiger partial charge on any atom is -0.469 e. The summed E-state index contributed by atoms with van der Waals surface area (Å²) in [5, 5.41) is 32.7. The highest BCUT2D eigenvalue weighted by Gasteiger charge is 2.65. The number of fused-ring (bicyclic) bond motifs is 5. The molecule has 0 amide bonds. The molecule has 3 N–H and O–H groups in total.